The van der Waals surface area contributed by atoms with Crippen molar-refractivity contribution in [2.24, 2.45) is 10.9 Å². The molecule has 0 aromatic heterocycles. The average molecular weight is 531 g/mol. The van der Waals surface area contributed by atoms with Crippen LogP contribution in [0.3, 0.4) is 0 Å². The van der Waals surface area contributed by atoms with Gasteiger partial charge in [-0.1, -0.05) is 26.0 Å². The Morgan fingerprint density at radius 2 is 1.93 bits per heavy atom. The molecule has 8 nitrogen and oxygen atoms in total. The molecule has 1 saturated heterocycles. The summed E-state index contributed by atoms with van der Waals surface area (Å²) in [5, 5.41) is 17.6. The first-order chi connectivity index (χ1) is 14.0. The van der Waals surface area contributed by atoms with Gasteiger partial charge >= 0.3 is 0 Å². The number of nitro benzene ring substituents is 1. The first-order valence-corrected chi connectivity index (χ1v) is 10.5. The van der Waals surface area contributed by atoms with Crippen LogP contribution < -0.4 is 10.6 Å². The van der Waals surface area contributed by atoms with Gasteiger partial charge in [0, 0.05) is 43.7 Å². The predicted molar refractivity (Wildman–Crippen MR) is 130 cm³/mol. The number of nitrogens with one attached hydrogen (secondary N) is 2. The van der Waals surface area contributed by atoms with E-state index in [0.29, 0.717) is 12.5 Å². The number of nitro groups is 1. The Kier molecular flexibility index (Phi) is 11.7. The zero-order valence-corrected chi connectivity index (χ0v) is 20.4. The summed E-state index contributed by atoms with van der Waals surface area (Å²) in [5.74, 6) is 1.11. The highest BCUT2D eigenvalue weighted by Crippen LogP contribution is 2.17. The summed E-state index contributed by atoms with van der Waals surface area (Å²) in [4.78, 5) is 29.6. The van der Waals surface area contributed by atoms with Crippen molar-refractivity contribution in [3.05, 3.63) is 39.9 Å². The molecule has 2 rings (SSSR count). The van der Waals surface area contributed by atoms with Crippen molar-refractivity contribution in [3.63, 3.8) is 0 Å². The van der Waals surface area contributed by atoms with Crippen LogP contribution in [0.5, 0.6) is 0 Å². The van der Waals surface area contributed by atoms with Gasteiger partial charge in [-0.2, -0.15) is 0 Å². The van der Waals surface area contributed by atoms with E-state index in [1.165, 1.54) is 6.07 Å². The standard InChI is InChI=1S/C21H33N5O3.HI/c1-4-17(5-2)20(27)25-12-10-18(11-13-25)24-21(22-6-3)23-15-16-8-7-9-19(14-16)26(28)29;/h7-9,14,17-18H,4-6,10-13,15H2,1-3H3,(H2,22,23,24);1H. The summed E-state index contributed by atoms with van der Waals surface area (Å²) >= 11 is 0. The maximum atomic E-state index is 12.5. The topological polar surface area (TPSA) is 99.9 Å². The van der Waals surface area contributed by atoms with Gasteiger partial charge in [0.1, 0.15) is 0 Å². The van der Waals surface area contributed by atoms with Gasteiger partial charge in [-0.25, -0.2) is 4.99 Å². The smallest absolute Gasteiger partial charge is 0.269 e. The number of aliphatic imine (C=N–C) groups is 1. The van der Waals surface area contributed by atoms with Crippen molar-refractivity contribution in [1.29, 1.82) is 0 Å². The number of piperidine rings is 1. The van der Waals surface area contributed by atoms with E-state index < -0.39 is 4.92 Å². The number of hydrogen-bond acceptors (Lipinski definition) is 4. The fraction of sp³-hybridized carbons (Fsp3) is 0.619. The highest BCUT2D eigenvalue weighted by Gasteiger charge is 2.26. The molecular formula is C21H34IN5O3. The number of halogens is 1. The first kappa shape index (κ1) is 26.1. The van der Waals surface area contributed by atoms with Crippen LogP contribution in [0.2, 0.25) is 0 Å². The molecule has 0 atom stereocenters. The third-order valence-corrected chi connectivity index (χ3v) is 5.37. The lowest BCUT2D eigenvalue weighted by Gasteiger charge is -2.34. The van der Waals surface area contributed by atoms with Crippen molar-refractivity contribution in [1.82, 2.24) is 15.5 Å². The molecule has 1 aliphatic rings. The molecule has 0 spiro atoms. The number of amides is 1. The van der Waals surface area contributed by atoms with Gasteiger partial charge in [0.25, 0.3) is 5.69 Å². The molecule has 1 fully saturated rings. The second-order valence-corrected chi connectivity index (χ2v) is 7.38. The zero-order valence-electron chi connectivity index (χ0n) is 18.1. The van der Waals surface area contributed by atoms with E-state index in [2.05, 4.69) is 29.5 Å². The summed E-state index contributed by atoms with van der Waals surface area (Å²) < 4.78 is 0. The molecule has 1 aliphatic heterocycles. The van der Waals surface area contributed by atoms with Crippen molar-refractivity contribution < 1.29 is 9.72 Å². The molecule has 1 aromatic carbocycles. The lowest BCUT2D eigenvalue weighted by Crippen LogP contribution is -2.50. The van der Waals surface area contributed by atoms with Crippen LogP contribution in [0.25, 0.3) is 0 Å². The number of benzene rings is 1. The first-order valence-electron chi connectivity index (χ1n) is 10.5. The molecule has 1 heterocycles. The van der Waals surface area contributed by atoms with Crippen LogP contribution in [-0.4, -0.2) is 47.4 Å². The molecule has 1 aromatic rings. The summed E-state index contributed by atoms with van der Waals surface area (Å²) in [5.41, 5.74) is 0.868. The number of non-ortho nitro benzene ring substituents is 1. The molecule has 30 heavy (non-hydrogen) atoms. The lowest BCUT2D eigenvalue weighted by atomic mass is 9.98. The molecule has 1 amide bonds. The zero-order chi connectivity index (χ0) is 21.2. The van der Waals surface area contributed by atoms with Crippen LogP contribution in [-0.2, 0) is 11.3 Å². The Balaban J connectivity index is 0.00000450. The summed E-state index contributed by atoms with van der Waals surface area (Å²) in [6, 6.07) is 6.80. The summed E-state index contributed by atoms with van der Waals surface area (Å²) in [6.45, 7) is 8.76. The second-order valence-electron chi connectivity index (χ2n) is 7.38. The van der Waals surface area contributed by atoms with Gasteiger partial charge < -0.3 is 15.5 Å². The van der Waals surface area contributed by atoms with Gasteiger partial charge in [0.2, 0.25) is 5.91 Å². The Hall–Kier alpha value is -1.91. The molecular weight excluding hydrogens is 497 g/mol. The SMILES string of the molecule is CCNC(=NCc1cccc([N+](=O)[O-])c1)NC1CCN(C(=O)C(CC)CC)CC1.I. The Morgan fingerprint density at radius 1 is 1.27 bits per heavy atom. The van der Waals surface area contributed by atoms with E-state index in [1.807, 2.05) is 17.9 Å². The number of nitrogens with zero attached hydrogens (tertiary/aromatic N) is 3. The summed E-state index contributed by atoms with van der Waals surface area (Å²) in [7, 11) is 0. The van der Waals surface area contributed by atoms with E-state index in [4.69, 9.17) is 0 Å². The van der Waals surface area contributed by atoms with Gasteiger partial charge in [0.05, 0.1) is 11.5 Å². The highest BCUT2D eigenvalue weighted by molar-refractivity contribution is 14.0. The predicted octanol–water partition coefficient (Wildman–Crippen LogP) is 3.70. The van der Waals surface area contributed by atoms with Gasteiger partial charge in [-0.3, -0.25) is 14.9 Å². The number of guanidine groups is 1. The summed E-state index contributed by atoms with van der Waals surface area (Å²) in [6.07, 6.45) is 3.55. The van der Waals surface area contributed by atoms with Crippen LogP contribution in [0.15, 0.2) is 29.3 Å². The largest absolute Gasteiger partial charge is 0.357 e. The highest BCUT2D eigenvalue weighted by atomic mass is 127. The second kappa shape index (κ2) is 13.4. The van der Waals surface area contributed by atoms with Crippen molar-refractivity contribution in [3.8, 4) is 0 Å². The van der Waals surface area contributed by atoms with E-state index >= 15 is 0 Å². The molecule has 0 radical (unpaired) electrons. The Bertz CT molecular complexity index is 716. The molecule has 168 valence electrons. The number of hydrogen-bond donors (Lipinski definition) is 2. The van der Waals surface area contributed by atoms with Gasteiger partial charge in [0.15, 0.2) is 5.96 Å². The molecule has 9 heteroatoms. The van der Waals surface area contributed by atoms with Crippen LogP contribution in [0, 0.1) is 16.0 Å². The normalized spacial score (nSPS) is 14.9. The minimum atomic E-state index is -0.395. The van der Waals surface area contributed by atoms with Crippen molar-refractivity contribution >= 4 is 41.5 Å². The minimum absolute atomic E-state index is 0. The Morgan fingerprint density at radius 3 is 2.50 bits per heavy atom. The van der Waals surface area contributed by atoms with Gasteiger partial charge in [-0.05, 0) is 38.2 Å². The van der Waals surface area contributed by atoms with E-state index in [9.17, 15) is 14.9 Å². The Labute approximate surface area is 196 Å². The molecule has 0 aliphatic carbocycles. The van der Waals surface area contributed by atoms with Crippen molar-refractivity contribution in [2.45, 2.75) is 59.0 Å². The number of carbonyl (C=O) groups is 1. The maximum Gasteiger partial charge on any atom is 0.269 e. The van der Waals surface area contributed by atoms with E-state index in [0.717, 1.165) is 50.9 Å². The molecule has 2 N–H and O–H groups in total. The number of rotatable bonds is 8. The van der Waals surface area contributed by atoms with Crippen LogP contribution >= 0.6 is 24.0 Å². The molecule has 0 bridgehead atoms. The third kappa shape index (κ3) is 7.73. The molecule has 0 unspecified atom stereocenters. The fourth-order valence-corrected chi connectivity index (χ4v) is 3.59. The fourth-order valence-electron chi connectivity index (χ4n) is 3.59. The van der Waals surface area contributed by atoms with Gasteiger partial charge in [-0.15, -0.1) is 24.0 Å². The third-order valence-electron chi connectivity index (χ3n) is 5.37. The molecule has 0 saturated carbocycles. The maximum absolute atomic E-state index is 12.5. The monoisotopic (exact) mass is 531 g/mol. The minimum Gasteiger partial charge on any atom is -0.357 e. The van der Waals surface area contributed by atoms with E-state index in [-0.39, 0.29) is 47.5 Å². The average Bonchev–Trinajstić information content (AvgIpc) is 2.73. The van der Waals surface area contributed by atoms with E-state index in [1.54, 1.807) is 12.1 Å². The number of likely N-dealkylation sites (tertiary alicyclic amines) is 1. The van der Waals surface area contributed by atoms with Crippen LogP contribution in [0.4, 0.5) is 5.69 Å². The number of carbonyl (C=O) groups excluding carboxylic acids is 1. The lowest BCUT2D eigenvalue weighted by molar-refractivity contribution is -0.384. The quantitative estimate of drug-likeness (QED) is 0.175. The van der Waals surface area contributed by atoms with Crippen LogP contribution in [0.1, 0.15) is 52.0 Å². The van der Waals surface area contributed by atoms with Crippen molar-refractivity contribution in [2.75, 3.05) is 19.6 Å².